The van der Waals surface area contributed by atoms with Gasteiger partial charge in [-0.05, 0) is 35.2 Å². The lowest BCUT2D eigenvalue weighted by Gasteiger charge is -2.15. The van der Waals surface area contributed by atoms with E-state index in [0.717, 1.165) is 22.5 Å². The van der Waals surface area contributed by atoms with Crippen LogP contribution in [0.3, 0.4) is 0 Å². The van der Waals surface area contributed by atoms with E-state index in [2.05, 4.69) is 34.7 Å². The molecule has 0 spiro atoms. The van der Waals surface area contributed by atoms with E-state index in [-0.39, 0.29) is 25.7 Å². The topological polar surface area (TPSA) is 89.5 Å². The Morgan fingerprint density at radius 1 is 1.09 bits per heavy atom. The van der Waals surface area contributed by atoms with Crippen molar-refractivity contribution in [2.45, 2.75) is 19.4 Å². The van der Waals surface area contributed by atoms with Gasteiger partial charge >= 0.3 is 6.09 Å². The lowest BCUT2D eigenvalue weighted by molar-refractivity contribution is 0.158. The molecule has 0 atom stereocenters. The molecule has 1 aliphatic rings. The Labute approximate surface area is 185 Å². The molecule has 0 saturated heterocycles. The van der Waals surface area contributed by atoms with Gasteiger partial charge in [0.1, 0.15) is 18.2 Å². The Morgan fingerprint density at radius 2 is 1.78 bits per heavy atom. The van der Waals surface area contributed by atoms with Gasteiger partial charge < -0.3 is 14.3 Å². The first-order valence-corrected chi connectivity index (χ1v) is 10.5. The number of aryl methyl sites for hydroxylation is 1. The van der Waals surface area contributed by atoms with E-state index < -0.39 is 6.09 Å². The first-order valence-electron chi connectivity index (χ1n) is 10.5. The van der Waals surface area contributed by atoms with E-state index in [9.17, 15) is 9.90 Å². The number of anilines is 1. The van der Waals surface area contributed by atoms with Gasteiger partial charge in [0.2, 0.25) is 0 Å². The van der Waals surface area contributed by atoms with Crippen molar-refractivity contribution >= 4 is 11.9 Å². The van der Waals surface area contributed by atoms with Crippen molar-refractivity contribution in [3.8, 4) is 22.4 Å². The number of hydrogen-bond donors (Lipinski definition) is 2. The molecule has 4 aromatic rings. The number of fused-ring (bicyclic) bond motifs is 3. The normalized spacial score (nSPS) is 12.4. The molecule has 0 saturated carbocycles. The highest BCUT2D eigenvalue weighted by Crippen LogP contribution is 2.44. The third-order valence-electron chi connectivity index (χ3n) is 5.80. The van der Waals surface area contributed by atoms with Gasteiger partial charge in [0.15, 0.2) is 0 Å². The van der Waals surface area contributed by atoms with Gasteiger partial charge in [-0.3, -0.25) is 5.32 Å². The molecule has 7 nitrogen and oxygen atoms in total. The quantitative estimate of drug-likeness (QED) is 0.459. The van der Waals surface area contributed by atoms with Crippen LogP contribution in [0.25, 0.3) is 22.4 Å². The van der Waals surface area contributed by atoms with Crippen LogP contribution < -0.4 is 5.32 Å². The maximum absolute atomic E-state index is 12.7. The highest BCUT2D eigenvalue weighted by Gasteiger charge is 2.29. The molecular formula is C25H23N3O4. The Hall–Kier alpha value is -3.84. The molecule has 2 aromatic carbocycles. The molecule has 2 aromatic heterocycles. The SMILES string of the molecule is Cc1occc1-c1cc(NC(=O)OCC2c3ccccc3-c3ccccc32)n(CCO)n1. The largest absolute Gasteiger partial charge is 0.469 e. The Morgan fingerprint density at radius 3 is 2.41 bits per heavy atom. The molecule has 0 radical (unpaired) electrons. The van der Waals surface area contributed by atoms with Crippen LogP contribution in [0, 0.1) is 6.92 Å². The molecule has 1 aliphatic carbocycles. The van der Waals surface area contributed by atoms with Gasteiger partial charge in [-0.1, -0.05) is 48.5 Å². The Kier molecular flexibility index (Phi) is 5.25. The zero-order valence-corrected chi connectivity index (χ0v) is 17.6. The van der Waals surface area contributed by atoms with Gasteiger partial charge in [0, 0.05) is 17.5 Å². The summed E-state index contributed by atoms with van der Waals surface area (Å²) in [6.07, 6.45) is 1.02. The lowest BCUT2D eigenvalue weighted by atomic mass is 9.98. The molecule has 0 unspecified atom stereocenters. The fourth-order valence-corrected chi connectivity index (χ4v) is 4.30. The zero-order chi connectivity index (χ0) is 22.1. The number of nitrogens with zero attached hydrogens (tertiary/aromatic N) is 2. The fraction of sp³-hybridized carbons (Fsp3) is 0.200. The number of amides is 1. The third kappa shape index (κ3) is 3.56. The van der Waals surface area contributed by atoms with Crippen LogP contribution in [-0.4, -0.2) is 34.2 Å². The van der Waals surface area contributed by atoms with Gasteiger partial charge in [0.25, 0.3) is 0 Å². The van der Waals surface area contributed by atoms with Crippen LogP contribution in [-0.2, 0) is 11.3 Å². The first kappa shape index (κ1) is 20.1. The highest BCUT2D eigenvalue weighted by molar-refractivity contribution is 5.85. The predicted molar refractivity (Wildman–Crippen MR) is 120 cm³/mol. The molecule has 0 aliphatic heterocycles. The van der Waals surface area contributed by atoms with E-state index >= 15 is 0 Å². The van der Waals surface area contributed by atoms with Crippen LogP contribution >= 0.6 is 0 Å². The van der Waals surface area contributed by atoms with Crippen LogP contribution in [0.2, 0.25) is 0 Å². The number of aromatic nitrogens is 2. The number of rotatable bonds is 6. The second kappa shape index (κ2) is 8.36. The summed E-state index contributed by atoms with van der Waals surface area (Å²) in [4.78, 5) is 12.7. The minimum absolute atomic E-state index is 0.0142. The third-order valence-corrected chi connectivity index (χ3v) is 5.80. The molecule has 162 valence electrons. The number of ether oxygens (including phenoxy) is 1. The molecule has 0 bridgehead atoms. The number of carbonyl (C=O) groups is 1. The van der Waals surface area contributed by atoms with E-state index in [0.29, 0.717) is 11.5 Å². The van der Waals surface area contributed by atoms with E-state index in [4.69, 9.17) is 9.15 Å². The molecule has 5 rings (SSSR count). The highest BCUT2D eigenvalue weighted by atomic mass is 16.5. The summed E-state index contributed by atoms with van der Waals surface area (Å²) in [6.45, 7) is 2.21. The maximum atomic E-state index is 12.7. The van der Waals surface area contributed by atoms with Gasteiger partial charge in [0.05, 0.1) is 25.1 Å². The van der Waals surface area contributed by atoms with Crippen molar-refractivity contribution in [3.05, 3.63) is 83.8 Å². The van der Waals surface area contributed by atoms with Crippen molar-refractivity contribution in [2.75, 3.05) is 18.5 Å². The molecular weight excluding hydrogens is 406 g/mol. The number of nitrogens with one attached hydrogen (secondary N) is 1. The number of aliphatic hydroxyl groups excluding tert-OH is 1. The smallest absolute Gasteiger partial charge is 0.412 e. The van der Waals surface area contributed by atoms with Crippen molar-refractivity contribution in [2.24, 2.45) is 0 Å². The summed E-state index contributed by atoms with van der Waals surface area (Å²) < 4.78 is 12.5. The number of furan rings is 1. The van der Waals surface area contributed by atoms with E-state index in [1.165, 1.54) is 11.1 Å². The first-order chi connectivity index (χ1) is 15.7. The summed E-state index contributed by atoms with van der Waals surface area (Å²) in [5.74, 6) is 1.16. The molecule has 2 N–H and O–H groups in total. The lowest BCUT2D eigenvalue weighted by Crippen LogP contribution is -2.20. The molecule has 1 amide bonds. The van der Waals surface area contributed by atoms with Crippen molar-refractivity contribution in [1.29, 1.82) is 0 Å². The average Bonchev–Trinajstić information content (AvgIpc) is 3.49. The van der Waals surface area contributed by atoms with Gasteiger partial charge in [-0.25, -0.2) is 9.48 Å². The van der Waals surface area contributed by atoms with E-state index in [1.807, 2.05) is 37.3 Å². The van der Waals surface area contributed by atoms with Gasteiger partial charge in [-0.15, -0.1) is 0 Å². The monoisotopic (exact) mass is 429 g/mol. The van der Waals surface area contributed by atoms with Crippen molar-refractivity contribution in [3.63, 3.8) is 0 Å². The van der Waals surface area contributed by atoms with Crippen LogP contribution in [0.4, 0.5) is 10.6 Å². The standard InChI is InChI=1S/C25H23N3O4/c1-16-17(10-13-31-16)23-14-24(28(27-23)11-12-29)26-25(30)32-15-22-20-8-4-2-6-18(20)19-7-3-5-9-21(19)22/h2-10,13-14,22,29H,11-12,15H2,1H3,(H,26,30). The minimum atomic E-state index is -0.568. The molecule has 0 fully saturated rings. The minimum Gasteiger partial charge on any atom is -0.469 e. The molecule has 32 heavy (non-hydrogen) atoms. The van der Waals surface area contributed by atoms with Crippen molar-refractivity contribution < 1.29 is 19.1 Å². The van der Waals surface area contributed by atoms with Crippen molar-refractivity contribution in [1.82, 2.24) is 9.78 Å². The maximum Gasteiger partial charge on any atom is 0.412 e. The second-order valence-electron chi connectivity index (χ2n) is 7.70. The fourth-order valence-electron chi connectivity index (χ4n) is 4.30. The number of aliphatic hydroxyl groups is 1. The number of benzene rings is 2. The van der Waals surface area contributed by atoms with Gasteiger partial charge in [-0.2, -0.15) is 5.10 Å². The average molecular weight is 429 g/mol. The zero-order valence-electron chi connectivity index (χ0n) is 17.6. The number of carbonyl (C=O) groups excluding carboxylic acids is 1. The Bertz CT molecular complexity index is 1230. The number of hydrogen-bond acceptors (Lipinski definition) is 5. The summed E-state index contributed by atoms with van der Waals surface area (Å²) in [6, 6.07) is 20.0. The summed E-state index contributed by atoms with van der Waals surface area (Å²) in [5, 5.41) is 16.6. The van der Waals surface area contributed by atoms with Crippen LogP contribution in [0.5, 0.6) is 0 Å². The summed E-state index contributed by atoms with van der Waals surface area (Å²) >= 11 is 0. The molecule has 7 heteroatoms. The predicted octanol–water partition coefficient (Wildman–Crippen LogP) is 4.80. The van der Waals surface area contributed by atoms with Crippen LogP contribution in [0.1, 0.15) is 22.8 Å². The Balaban J connectivity index is 1.33. The van der Waals surface area contributed by atoms with E-state index in [1.54, 1.807) is 17.0 Å². The summed E-state index contributed by atoms with van der Waals surface area (Å²) in [5.41, 5.74) is 6.15. The molecule has 2 heterocycles. The summed E-state index contributed by atoms with van der Waals surface area (Å²) in [7, 11) is 0. The van der Waals surface area contributed by atoms with Crippen LogP contribution in [0.15, 0.2) is 71.3 Å². The second-order valence-corrected chi connectivity index (χ2v) is 7.70.